The molecule has 0 aromatic rings. The van der Waals surface area contributed by atoms with Crippen molar-refractivity contribution >= 4 is 5.97 Å². The van der Waals surface area contributed by atoms with Gasteiger partial charge in [-0.25, -0.2) is 0 Å². The van der Waals surface area contributed by atoms with E-state index in [-0.39, 0.29) is 5.97 Å². The first-order valence-electron chi connectivity index (χ1n) is 5.15. The van der Waals surface area contributed by atoms with E-state index < -0.39 is 0 Å². The van der Waals surface area contributed by atoms with Gasteiger partial charge in [0, 0.05) is 6.92 Å². The van der Waals surface area contributed by atoms with Crippen molar-refractivity contribution in [1.29, 1.82) is 0 Å². The van der Waals surface area contributed by atoms with Crippen LogP contribution < -0.4 is 0 Å². The molecular weight excluding hydrogens is 164 g/mol. The molecule has 0 saturated heterocycles. The third-order valence-corrected chi connectivity index (χ3v) is 2.90. The Morgan fingerprint density at radius 2 is 1.85 bits per heavy atom. The SMILES string of the molecule is [CH2]CC1CCC(COC(C)=O)CC1. The van der Waals surface area contributed by atoms with Crippen LogP contribution in [0.2, 0.25) is 0 Å². The third kappa shape index (κ3) is 3.79. The lowest BCUT2D eigenvalue weighted by molar-refractivity contribution is -0.142. The molecule has 0 heterocycles. The minimum atomic E-state index is -0.153. The summed E-state index contributed by atoms with van der Waals surface area (Å²) in [5.41, 5.74) is 0. The number of hydrogen-bond acceptors (Lipinski definition) is 2. The summed E-state index contributed by atoms with van der Waals surface area (Å²) in [5, 5.41) is 0. The van der Waals surface area contributed by atoms with Crippen LogP contribution >= 0.6 is 0 Å². The molecule has 75 valence electrons. The predicted molar refractivity (Wildman–Crippen MR) is 52.1 cm³/mol. The maximum absolute atomic E-state index is 10.6. The fourth-order valence-corrected chi connectivity index (χ4v) is 1.92. The van der Waals surface area contributed by atoms with Crippen LogP contribution in [0.3, 0.4) is 0 Å². The van der Waals surface area contributed by atoms with Gasteiger partial charge in [-0.05, 0) is 24.7 Å². The van der Waals surface area contributed by atoms with Crippen LogP contribution in [0.15, 0.2) is 0 Å². The molecule has 0 aromatic heterocycles. The van der Waals surface area contributed by atoms with Gasteiger partial charge in [-0.2, -0.15) is 0 Å². The van der Waals surface area contributed by atoms with Crippen molar-refractivity contribution in [2.45, 2.75) is 39.0 Å². The van der Waals surface area contributed by atoms with E-state index in [1.54, 1.807) is 0 Å². The maximum Gasteiger partial charge on any atom is 0.302 e. The van der Waals surface area contributed by atoms with Gasteiger partial charge in [0.1, 0.15) is 0 Å². The maximum atomic E-state index is 10.6. The molecular formula is C11H19O2. The zero-order chi connectivity index (χ0) is 9.68. The molecule has 1 aliphatic carbocycles. The molecule has 1 rings (SSSR count). The predicted octanol–water partition coefficient (Wildman–Crippen LogP) is 2.58. The van der Waals surface area contributed by atoms with Crippen LogP contribution in [0, 0.1) is 18.8 Å². The van der Waals surface area contributed by atoms with Crippen LogP contribution in [-0.4, -0.2) is 12.6 Å². The summed E-state index contributed by atoms with van der Waals surface area (Å²) in [6.07, 6.45) is 5.98. The van der Waals surface area contributed by atoms with Crippen molar-refractivity contribution in [3.8, 4) is 0 Å². The minimum Gasteiger partial charge on any atom is -0.466 e. The zero-order valence-corrected chi connectivity index (χ0v) is 8.42. The van der Waals surface area contributed by atoms with Gasteiger partial charge >= 0.3 is 5.97 Å². The van der Waals surface area contributed by atoms with E-state index in [1.165, 1.54) is 32.6 Å². The van der Waals surface area contributed by atoms with Gasteiger partial charge in [-0.3, -0.25) is 4.79 Å². The van der Waals surface area contributed by atoms with E-state index in [0.717, 1.165) is 12.3 Å². The lowest BCUT2D eigenvalue weighted by Gasteiger charge is -2.27. The summed E-state index contributed by atoms with van der Waals surface area (Å²) in [5.74, 6) is 1.26. The number of esters is 1. The zero-order valence-electron chi connectivity index (χ0n) is 8.42. The van der Waals surface area contributed by atoms with E-state index >= 15 is 0 Å². The minimum absolute atomic E-state index is 0.153. The van der Waals surface area contributed by atoms with Crippen molar-refractivity contribution in [2.24, 2.45) is 11.8 Å². The number of carbonyl (C=O) groups excluding carboxylic acids is 1. The molecule has 1 saturated carbocycles. The fraction of sp³-hybridized carbons (Fsp3) is 0.818. The molecule has 0 spiro atoms. The molecule has 1 fully saturated rings. The highest BCUT2D eigenvalue weighted by Gasteiger charge is 2.20. The fourth-order valence-electron chi connectivity index (χ4n) is 1.92. The Morgan fingerprint density at radius 3 is 2.31 bits per heavy atom. The summed E-state index contributed by atoms with van der Waals surface area (Å²) in [6, 6.07) is 0. The molecule has 13 heavy (non-hydrogen) atoms. The summed E-state index contributed by atoms with van der Waals surface area (Å²) in [4.78, 5) is 10.6. The standard InChI is InChI=1S/C11H19O2/c1-3-10-4-6-11(7-5-10)8-13-9(2)12/h10-11H,1,3-8H2,2H3. The van der Waals surface area contributed by atoms with E-state index in [9.17, 15) is 4.79 Å². The lowest BCUT2D eigenvalue weighted by atomic mass is 9.81. The molecule has 0 unspecified atom stereocenters. The highest BCUT2D eigenvalue weighted by Crippen LogP contribution is 2.30. The van der Waals surface area contributed by atoms with Crippen molar-refractivity contribution in [3.63, 3.8) is 0 Å². The van der Waals surface area contributed by atoms with E-state index in [4.69, 9.17) is 4.74 Å². The van der Waals surface area contributed by atoms with Gasteiger partial charge in [-0.1, -0.05) is 26.2 Å². The van der Waals surface area contributed by atoms with Crippen LogP contribution in [0.4, 0.5) is 0 Å². The molecule has 0 bridgehead atoms. The normalized spacial score (nSPS) is 28.5. The van der Waals surface area contributed by atoms with E-state index in [0.29, 0.717) is 12.5 Å². The number of carbonyl (C=O) groups is 1. The van der Waals surface area contributed by atoms with Gasteiger partial charge in [0.05, 0.1) is 6.61 Å². The second kappa shape index (κ2) is 5.25. The third-order valence-electron chi connectivity index (χ3n) is 2.90. The Hall–Kier alpha value is -0.530. The molecule has 1 aliphatic rings. The molecule has 2 nitrogen and oxygen atoms in total. The Kier molecular flexibility index (Phi) is 4.26. The Morgan fingerprint density at radius 1 is 1.31 bits per heavy atom. The van der Waals surface area contributed by atoms with Crippen LogP contribution in [-0.2, 0) is 9.53 Å². The van der Waals surface area contributed by atoms with E-state index in [2.05, 4.69) is 6.92 Å². The highest BCUT2D eigenvalue weighted by molar-refractivity contribution is 5.65. The quantitative estimate of drug-likeness (QED) is 0.629. The van der Waals surface area contributed by atoms with Gasteiger partial charge in [0.25, 0.3) is 0 Å². The molecule has 0 atom stereocenters. The number of rotatable bonds is 3. The number of ether oxygens (including phenoxy) is 1. The average molecular weight is 183 g/mol. The highest BCUT2D eigenvalue weighted by atomic mass is 16.5. The van der Waals surface area contributed by atoms with E-state index in [1.807, 2.05) is 0 Å². The molecule has 2 heteroatoms. The first-order chi connectivity index (χ1) is 6.22. The first-order valence-corrected chi connectivity index (χ1v) is 5.15. The topological polar surface area (TPSA) is 26.3 Å². The second-order valence-corrected chi connectivity index (χ2v) is 3.98. The average Bonchev–Trinajstić information content (AvgIpc) is 2.15. The van der Waals surface area contributed by atoms with Crippen LogP contribution in [0.25, 0.3) is 0 Å². The summed E-state index contributed by atoms with van der Waals surface area (Å²) in [7, 11) is 0. The Labute approximate surface area is 80.7 Å². The Balaban J connectivity index is 2.14. The largest absolute Gasteiger partial charge is 0.466 e. The monoisotopic (exact) mass is 183 g/mol. The van der Waals surface area contributed by atoms with Gasteiger partial charge < -0.3 is 4.74 Å². The second-order valence-electron chi connectivity index (χ2n) is 3.98. The molecule has 0 aliphatic heterocycles. The summed E-state index contributed by atoms with van der Waals surface area (Å²) in [6.45, 7) is 6.02. The molecule has 0 N–H and O–H groups in total. The summed E-state index contributed by atoms with van der Waals surface area (Å²) < 4.78 is 5.00. The molecule has 0 amide bonds. The Bertz CT molecular complexity index is 157. The smallest absolute Gasteiger partial charge is 0.302 e. The van der Waals surface area contributed by atoms with Crippen molar-refractivity contribution in [3.05, 3.63) is 6.92 Å². The first kappa shape index (κ1) is 10.6. The van der Waals surface area contributed by atoms with Gasteiger partial charge in [0.2, 0.25) is 0 Å². The van der Waals surface area contributed by atoms with Gasteiger partial charge in [-0.15, -0.1) is 0 Å². The van der Waals surface area contributed by atoms with Gasteiger partial charge in [0.15, 0.2) is 0 Å². The van der Waals surface area contributed by atoms with Crippen LogP contribution in [0.1, 0.15) is 39.0 Å². The van der Waals surface area contributed by atoms with Crippen molar-refractivity contribution < 1.29 is 9.53 Å². The van der Waals surface area contributed by atoms with Crippen molar-refractivity contribution in [1.82, 2.24) is 0 Å². The van der Waals surface area contributed by atoms with Crippen molar-refractivity contribution in [2.75, 3.05) is 6.61 Å². The molecule has 0 aromatic carbocycles. The van der Waals surface area contributed by atoms with Crippen LogP contribution in [0.5, 0.6) is 0 Å². The number of hydrogen-bond donors (Lipinski definition) is 0. The lowest BCUT2D eigenvalue weighted by Crippen LogP contribution is -2.19. The molecule has 1 radical (unpaired) electrons. The summed E-state index contributed by atoms with van der Waals surface area (Å²) >= 11 is 0.